The highest BCUT2D eigenvalue weighted by molar-refractivity contribution is 5.86. The number of nitrogens with zero attached hydrogens (tertiary/aromatic N) is 1. The SMILES string of the molecule is Cc1cc2coc(C3CCN(C(=O)C4CC4)CC3)c2cc1C. The van der Waals surface area contributed by atoms with Gasteiger partial charge < -0.3 is 9.32 Å². The van der Waals surface area contributed by atoms with E-state index in [1.165, 1.54) is 21.9 Å². The Morgan fingerprint density at radius 3 is 2.45 bits per heavy atom. The number of fused-ring (bicyclic) bond motifs is 1. The van der Waals surface area contributed by atoms with Crippen LogP contribution in [-0.2, 0) is 4.79 Å². The van der Waals surface area contributed by atoms with Crippen molar-refractivity contribution in [2.45, 2.75) is 45.4 Å². The number of furan rings is 1. The van der Waals surface area contributed by atoms with Crippen LogP contribution in [0.2, 0.25) is 0 Å². The summed E-state index contributed by atoms with van der Waals surface area (Å²) in [5, 5.41) is 2.46. The number of likely N-dealkylation sites (tertiary alicyclic amines) is 1. The fourth-order valence-electron chi connectivity index (χ4n) is 3.61. The highest BCUT2D eigenvalue weighted by Gasteiger charge is 2.35. The van der Waals surface area contributed by atoms with E-state index in [1.807, 2.05) is 6.26 Å². The normalized spacial score (nSPS) is 19.8. The molecule has 1 aliphatic heterocycles. The van der Waals surface area contributed by atoms with Crippen LogP contribution in [0.3, 0.4) is 0 Å². The minimum absolute atomic E-state index is 0.339. The summed E-state index contributed by atoms with van der Waals surface area (Å²) in [5.74, 6) is 2.29. The number of aryl methyl sites for hydroxylation is 2. The van der Waals surface area contributed by atoms with E-state index in [-0.39, 0.29) is 0 Å². The number of rotatable bonds is 2. The Morgan fingerprint density at radius 1 is 1.09 bits per heavy atom. The van der Waals surface area contributed by atoms with E-state index in [0.717, 1.165) is 44.5 Å². The second kappa shape index (κ2) is 5.15. The van der Waals surface area contributed by atoms with Gasteiger partial charge in [-0.2, -0.15) is 0 Å². The lowest BCUT2D eigenvalue weighted by atomic mass is 9.91. The third-order valence-electron chi connectivity index (χ3n) is 5.35. The largest absolute Gasteiger partial charge is 0.468 e. The van der Waals surface area contributed by atoms with Crippen LogP contribution < -0.4 is 0 Å². The first kappa shape index (κ1) is 13.9. The summed E-state index contributed by atoms with van der Waals surface area (Å²) >= 11 is 0. The fourth-order valence-corrected chi connectivity index (χ4v) is 3.61. The molecule has 3 nitrogen and oxygen atoms in total. The predicted octanol–water partition coefficient (Wildman–Crippen LogP) is 4.17. The van der Waals surface area contributed by atoms with E-state index in [1.54, 1.807) is 0 Å². The molecule has 2 aliphatic rings. The average Bonchev–Trinajstić information content (AvgIpc) is 3.30. The zero-order valence-electron chi connectivity index (χ0n) is 13.4. The van der Waals surface area contributed by atoms with Crippen LogP contribution in [0.1, 0.15) is 48.5 Å². The first-order valence-electron chi connectivity index (χ1n) is 8.40. The molecule has 116 valence electrons. The molecule has 0 atom stereocenters. The third-order valence-corrected chi connectivity index (χ3v) is 5.35. The summed E-state index contributed by atoms with van der Waals surface area (Å²) in [6.07, 6.45) is 6.13. The van der Waals surface area contributed by atoms with E-state index in [0.29, 0.717) is 17.7 Å². The van der Waals surface area contributed by atoms with Crippen LogP contribution in [0.4, 0.5) is 0 Å². The summed E-state index contributed by atoms with van der Waals surface area (Å²) in [4.78, 5) is 14.2. The van der Waals surface area contributed by atoms with Gasteiger partial charge in [-0.25, -0.2) is 0 Å². The molecule has 0 bridgehead atoms. The van der Waals surface area contributed by atoms with Crippen molar-refractivity contribution < 1.29 is 9.21 Å². The van der Waals surface area contributed by atoms with E-state index in [9.17, 15) is 4.79 Å². The van der Waals surface area contributed by atoms with Gasteiger partial charge in [-0.15, -0.1) is 0 Å². The molecule has 0 unspecified atom stereocenters. The lowest BCUT2D eigenvalue weighted by molar-refractivity contribution is -0.133. The van der Waals surface area contributed by atoms with Gasteiger partial charge in [0.25, 0.3) is 0 Å². The van der Waals surface area contributed by atoms with E-state index >= 15 is 0 Å². The Morgan fingerprint density at radius 2 is 1.77 bits per heavy atom. The van der Waals surface area contributed by atoms with Gasteiger partial charge in [0.1, 0.15) is 5.76 Å². The monoisotopic (exact) mass is 297 g/mol. The average molecular weight is 297 g/mol. The highest BCUT2D eigenvalue weighted by Crippen LogP contribution is 2.37. The smallest absolute Gasteiger partial charge is 0.225 e. The standard InChI is InChI=1S/C19H23NO2/c1-12-9-16-11-22-18(17(16)10-13(12)2)14-5-7-20(8-6-14)19(21)15-3-4-15/h9-11,14-15H,3-8H2,1-2H3. The molecule has 1 saturated carbocycles. The quantitative estimate of drug-likeness (QED) is 0.833. The summed E-state index contributed by atoms with van der Waals surface area (Å²) < 4.78 is 5.92. The number of carbonyl (C=O) groups excluding carboxylic acids is 1. The number of hydrogen-bond acceptors (Lipinski definition) is 2. The number of benzene rings is 1. The minimum atomic E-state index is 0.339. The molecule has 1 saturated heterocycles. The van der Waals surface area contributed by atoms with Gasteiger partial charge in [-0.05, 0) is 62.8 Å². The number of carbonyl (C=O) groups is 1. The Balaban J connectivity index is 1.53. The second-order valence-electron chi connectivity index (χ2n) is 7.00. The summed E-state index contributed by atoms with van der Waals surface area (Å²) in [7, 11) is 0. The molecule has 3 heteroatoms. The summed E-state index contributed by atoms with van der Waals surface area (Å²) in [5.41, 5.74) is 2.63. The van der Waals surface area contributed by atoms with Crippen LogP contribution in [0.5, 0.6) is 0 Å². The number of hydrogen-bond donors (Lipinski definition) is 0. The molecule has 2 aromatic rings. The van der Waals surface area contributed by atoms with Crippen LogP contribution >= 0.6 is 0 Å². The van der Waals surface area contributed by atoms with Crippen molar-refractivity contribution in [3.63, 3.8) is 0 Å². The molecule has 1 aliphatic carbocycles. The van der Waals surface area contributed by atoms with E-state index in [2.05, 4.69) is 30.9 Å². The molecule has 1 amide bonds. The van der Waals surface area contributed by atoms with Crippen molar-refractivity contribution in [3.05, 3.63) is 35.3 Å². The molecular formula is C19H23NO2. The first-order chi connectivity index (χ1) is 10.6. The summed E-state index contributed by atoms with van der Waals surface area (Å²) in [6.45, 7) is 6.06. The van der Waals surface area contributed by atoms with Crippen LogP contribution in [0, 0.1) is 19.8 Å². The van der Waals surface area contributed by atoms with Crippen molar-refractivity contribution in [3.8, 4) is 0 Å². The van der Waals surface area contributed by atoms with E-state index < -0.39 is 0 Å². The van der Waals surface area contributed by atoms with Crippen molar-refractivity contribution in [1.29, 1.82) is 0 Å². The van der Waals surface area contributed by atoms with Crippen LogP contribution in [0.15, 0.2) is 22.8 Å². The molecule has 1 aromatic carbocycles. The van der Waals surface area contributed by atoms with Gasteiger partial charge in [-0.3, -0.25) is 4.79 Å². The molecule has 2 fully saturated rings. The topological polar surface area (TPSA) is 33.5 Å². The predicted molar refractivity (Wildman–Crippen MR) is 87.0 cm³/mol. The molecule has 22 heavy (non-hydrogen) atoms. The molecule has 1 aromatic heterocycles. The Labute approximate surface area is 131 Å². The Bertz CT molecular complexity index is 718. The van der Waals surface area contributed by atoms with Gasteiger partial charge in [0.15, 0.2) is 0 Å². The maximum absolute atomic E-state index is 12.2. The molecule has 0 radical (unpaired) electrons. The highest BCUT2D eigenvalue weighted by atomic mass is 16.3. The van der Waals surface area contributed by atoms with Crippen molar-refractivity contribution >= 4 is 16.7 Å². The third kappa shape index (κ3) is 2.33. The number of amides is 1. The van der Waals surface area contributed by atoms with E-state index in [4.69, 9.17) is 4.42 Å². The Kier molecular flexibility index (Phi) is 3.24. The lowest BCUT2D eigenvalue weighted by Crippen LogP contribution is -2.38. The van der Waals surface area contributed by atoms with Crippen LogP contribution in [0.25, 0.3) is 10.8 Å². The molecule has 0 N–H and O–H groups in total. The van der Waals surface area contributed by atoms with Crippen molar-refractivity contribution in [2.75, 3.05) is 13.1 Å². The van der Waals surface area contributed by atoms with Gasteiger partial charge in [0.05, 0.1) is 6.26 Å². The molecule has 2 heterocycles. The summed E-state index contributed by atoms with van der Waals surface area (Å²) in [6, 6.07) is 4.47. The van der Waals surface area contributed by atoms with Crippen LogP contribution in [-0.4, -0.2) is 23.9 Å². The zero-order chi connectivity index (χ0) is 15.3. The van der Waals surface area contributed by atoms with Crippen molar-refractivity contribution in [1.82, 2.24) is 4.90 Å². The minimum Gasteiger partial charge on any atom is -0.468 e. The molecule has 0 spiro atoms. The lowest BCUT2D eigenvalue weighted by Gasteiger charge is -2.31. The fraction of sp³-hybridized carbons (Fsp3) is 0.526. The Hall–Kier alpha value is -1.77. The maximum atomic E-state index is 12.2. The van der Waals surface area contributed by atoms with Gasteiger partial charge in [-0.1, -0.05) is 0 Å². The van der Waals surface area contributed by atoms with Crippen molar-refractivity contribution in [2.24, 2.45) is 5.92 Å². The maximum Gasteiger partial charge on any atom is 0.225 e. The molecule has 4 rings (SSSR count). The zero-order valence-corrected chi connectivity index (χ0v) is 13.4. The van der Waals surface area contributed by atoms with Gasteiger partial charge in [0, 0.05) is 35.7 Å². The first-order valence-corrected chi connectivity index (χ1v) is 8.40. The van der Waals surface area contributed by atoms with Gasteiger partial charge >= 0.3 is 0 Å². The second-order valence-corrected chi connectivity index (χ2v) is 7.00. The number of piperidine rings is 1. The molecular weight excluding hydrogens is 274 g/mol. The van der Waals surface area contributed by atoms with Gasteiger partial charge in [0.2, 0.25) is 5.91 Å².